The maximum absolute atomic E-state index is 6.30. The van der Waals surface area contributed by atoms with Gasteiger partial charge in [-0.3, -0.25) is 0 Å². The molecule has 0 bridgehead atoms. The van der Waals surface area contributed by atoms with Gasteiger partial charge in [0, 0.05) is 31.0 Å². The first-order valence-electron chi connectivity index (χ1n) is 13.2. The molecule has 0 atom stereocenters. The van der Waals surface area contributed by atoms with E-state index in [1.54, 1.807) is 14.2 Å². The van der Waals surface area contributed by atoms with Crippen LogP contribution in [-0.2, 0) is 26.5 Å². The second-order valence-electron chi connectivity index (χ2n) is 12.0. The number of ether oxygens (including phenoxy) is 4. The molecule has 0 aliphatic rings. The Hall–Kier alpha value is -2.39. The van der Waals surface area contributed by atoms with Crippen LogP contribution in [0.5, 0.6) is 11.5 Å². The van der Waals surface area contributed by atoms with Crippen LogP contribution >= 0.6 is 7.92 Å². The Bertz CT molecular complexity index is 1130. The molecule has 0 aliphatic heterocycles. The van der Waals surface area contributed by atoms with E-state index < -0.39 is 7.92 Å². The standard InChI is InChI=1S/C33H45O4P/c1-23-16-26(32(3,4)5)18-28(30(23)36-21-34-9)38(20-25-14-12-11-13-15-25)29-19-27(33(6,7)8)17-24(2)31(29)37-22-35-10/h11-19H,20-22H2,1-10H3. The van der Waals surface area contributed by atoms with Gasteiger partial charge < -0.3 is 18.9 Å². The maximum atomic E-state index is 6.30. The summed E-state index contributed by atoms with van der Waals surface area (Å²) in [6, 6.07) is 19.9. The molecule has 0 saturated heterocycles. The Kier molecular flexibility index (Phi) is 10.0. The van der Waals surface area contributed by atoms with E-state index in [1.165, 1.54) is 27.3 Å². The van der Waals surface area contributed by atoms with Gasteiger partial charge in [0.2, 0.25) is 0 Å². The molecule has 0 fully saturated rings. The Labute approximate surface area is 231 Å². The minimum atomic E-state index is -0.922. The summed E-state index contributed by atoms with van der Waals surface area (Å²) in [4.78, 5) is 0. The predicted molar refractivity (Wildman–Crippen MR) is 161 cm³/mol. The van der Waals surface area contributed by atoms with Crippen LogP contribution in [0.1, 0.15) is 69.4 Å². The Morgan fingerprint density at radius 3 is 1.42 bits per heavy atom. The van der Waals surface area contributed by atoms with Crippen molar-refractivity contribution in [2.24, 2.45) is 0 Å². The second kappa shape index (κ2) is 12.6. The lowest BCUT2D eigenvalue weighted by molar-refractivity contribution is 0.0513. The molecule has 0 heterocycles. The van der Waals surface area contributed by atoms with E-state index in [0.717, 1.165) is 28.8 Å². The minimum absolute atomic E-state index is 0.00833. The zero-order valence-corrected chi connectivity index (χ0v) is 25.8. The van der Waals surface area contributed by atoms with Gasteiger partial charge in [-0.25, -0.2) is 0 Å². The van der Waals surface area contributed by atoms with E-state index in [0.29, 0.717) is 0 Å². The summed E-state index contributed by atoms with van der Waals surface area (Å²) < 4.78 is 23.3. The van der Waals surface area contributed by atoms with E-state index in [1.807, 2.05) is 0 Å². The maximum Gasteiger partial charge on any atom is 0.188 e. The molecule has 0 N–H and O–H groups in total. The summed E-state index contributed by atoms with van der Waals surface area (Å²) in [6.07, 6.45) is 0.864. The first kappa shape index (κ1) is 30.2. The summed E-state index contributed by atoms with van der Waals surface area (Å²) in [5.41, 5.74) is 6.08. The summed E-state index contributed by atoms with van der Waals surface area (Å²) >= 11 is 0. The SMILES string of the molecule is COCOc1c(C)cc(C(C)(C)C)cc1P(Cc1ccccc1)c1cc(C(C)(C)C)cc(C)c1OCOC. The van der Waals surface area contributed by atoms with Crippen LogP contribution in [0, 0.1) is 13.8 Å². The van der Waals surface area contributed by atoms with Crippen molar-refractivity contribution in [2.75, 3.05) is 27.8 Å². The van der Waals surface area contributed by atoms with Gasteiger partial charge in [0.1, 0.15) is 11.5 Å². The molecule has 4 nitrogen and oxygen atoms in total. The lowest BCUT2D eigenvalue weighted by Gasteiger charge is -2.30. The number of hydrogen-bond acceptors (Lipinski definition) is 4. The van der Waals surface area contributed by atoms with Gasteiger partial charge in [-0.1, -0.05) is 84.0 Å². The van der Waals surface area contributed by atoms with E-state index in [9.17, 15) is 0 Å². The highest BCUT2D eigenvalue weighted by Gasteiger charge is 2.29. The third-order valence-corrected chi connectivity index (χ3v) is 9.16. The fraction of sp³-hybridized carbons (Fsp3) is 0.455. The third-order valence-electron chi connectivity index (χ3n) is 6.65. The summed E-state index contributed by atoms with van der Waals surface area (Å²) in [7, 11) is 2.41. The van der Waals surface area contributed by atoms with Gasteiger partial charge in [-0.05, 0) is 72.5 Å². The Morgan fingerprint density at radius 1 is 0.632 bits per heavy atom. The van der Waals surface area contributed by atoms with Crippen LogP contribution < -0.4 is 20.1 Å². The molecule has 38 heavy (non-hydrogen) atoms. The highest BCUT2D eigenvalue weighted by molar-refractivity contribution is 7.72. The molecule has 0 radical (unpaired) electrons. The van der Waals surface area contributed by atoms with Crippen molar-refractivity contribution in [2.45, 2.75) is 72.4 Å². The van der Waals surface area contributed by atoms with E-state index in [2.05, 4.69) is 110 Å². The van der Waals surface area contributed by atoms with Crippen molar-refractivity contribution in [1.82, 2.24) is 0 Å². The first-order valence-corrected chi connectivity index (χ1v) is 14.7. The molecule has 3 aromatic rings. The van der Waals surface area contributed by atoms with Crippen molar-refractivity contribution in [3.05, 3.63) is 82.4 Å². The quantitative estimate of drug-likeness (QED) is 0.199. The molecule has 5 heteroatoms. The Balaban J connectivity index is 2.39. The average molecular weight is 537 g/mol. The van der Waals surface area contributed by atoms with Gasteiger partial charge in [0.05, 0.1) is 0 Å². The fourth-order valence-electron chi connectivity index (χ4n) is 4.46. The van der Waals surface area contributed by atoms with E-state index in [4.69, 9.17) is 18.9 Å². The van der Waals surface area contributed by atoms with Crippen LogP contribution in [0.3, 0.4) is 0 Å². The van der Waals surface area contributed by atoms with E-state index in [-0.39, 0.29) is 24.4 Å². The van der Waals surface area contributed by atoms with E-state index >= 15 is 0 Å². The number of methoxy groups -OCH3 is 2. The van der Waals surface area contributed by atoms with Crippen molar-refractivity contribution in [3.8, 4) is 11.5 Å². The molecular weight excluding hydrogens is 491 g/mol. The monoisotopic (exact) mass is 536 g/mol. The van der Waals surface area contributed by atoms with Crippen LogP contribution in [0.2, 0.25) is 0 Å². The normalized spacial score (nSPS) is 12.2. The van der Waals surface area contributed by atoms with Crippen molar-refractivity contribution >= 4 is 18.5 Å². The minimum Gasteiger partial charge on any atom is -0.467 e. The largest absolute Gasteiger partial charge is 0.467 e. The summed E-state index contributed by atoms with van der Waals surface area (Å²) in [5.74, 6) is 1.80. The molecule has 0 unspecified atom stereocenters. The molecule has 3 aromatic carbocycles. The number of benzene rings is 3. The zero-order valence-electron chi connectivity index (χ0n) is 24.9. The van der Waals surface area contributed by atoms with Gasteiger partial charge in [0.25, 0.3) is 0 Å². The summed E-state index contributed by atoms with van der Waals surface area (Å²) in [5, 5.41) is 2.41. The topological polar surface area (TPSA) is 36.9 Å². The highest BCUT2D eigenvalue weighted by atomic mass is 31.1. The Morgan fingerprint density at radius 2 is 1.05 bits per heavy atom. The molecule has 3 rings (SSSR count). The number of rotatable bonds is 10. The van der Waals surface area contributed by atoms with Crippen molar-refractivity contribution in [3.63, 3.8) is 0 Å². The molecule has 0 aromatic heterocycles. The number of hydrogen-bond donors (Lipinski definition) is 0. The summed E-state index contributed by atoms with van der Waals surface area (Å²) in [6.45, 7) is 18.2. The average Bonchev–Trinajstić information content (AvgIpc) is 2.84. The smallest absolute Gasteiger partial charge is 0.188 e. The zero-order chi connectivity index (χ0) is 28.1. The molecule has 206 valence electrons. The van der Waals surface area contributed by atoms with Gasteiger partial charge in [0.15, 0.2) is 13.6 Å². The first-order chi connectivity index (χ1) is 17.9. The predicted octanol–water partition coefficient (Wildman–Crippen LogP) is 7.50. The van der Waals surface area contributed by atoms with Crippen LogP contribution in [0.4, 0.5) is 0 Å². The second-order valence-corrected chi connectivity index (χ2v) is 14.1. The van der Waals surface area contributed by atoms with Gasteiger partial charge in [-0.15, -0.1) is 0 Å². The molecular formula is C33H45O4P. The molecule has 0 amide bonds. The fourth-order valence-corrected chi connectivity index (χ4v) is 7.19. The highest BCUT2D eigenvalue weighted by Crippen LogP contribution is 2.47. The van der Waals surface area contributed by atoms with Crippen LogP contribution in [0.15, 0.2) is 54.6 Å². The lowest BCUT2D eigenvalue weighted by Crippen LogP contribution is -2.25. The molecule has 0 spiro atoms. The number of aryl methyl sites for hydroxylation is 2. The van der Waals surface area contributed by atoms with Gasteiger partial charge >= 0.3 is 0 Å². The molecule has 0 aliphatic carbocycles. The lowest BCUT2D eigenvalue weighted by atomic mass is 9.86. The molecule has 0 saturated carbocycles. The van der Waals surface area contributed by atoms with Crippen molar-refractivity contribution in [1.29, 1.82) is 0 Å². The van der Waals surface area contributed by atoms with Crippen LogP contribution in [-0.4, -0.2) is 27.8 Å². The van der Waals surface area contributed by atoms with Crippen LogP contribution in [0.25, 0.3) is 0 Å². The van der Waals surface area contributed by atoms with Gasteiger partial charge in [-0.2, -0.15) is 0 Å². The van der Waals surface area contributed by atoms with Crippen molar-refractivity contribution < 1.29 is 18.9 Å². The third kappa shape index (κ3) is 7.38.